The van der Waals surface area contributed by atoms with E-state index in [0.29, 0.717) is 17.4 Å². The molecule has 0 aliphatic heterocycles. The van der Waals surface area contributed by atoms with Crippen molar-refractivity contribution in [2.24, 2.45) is 0 Å². The van der Waals surface area contributed by atoms with Gasteiger partial charge in [0.15, 0.2) is 6.10 Å². The summed E-state index contributed by atoms with van der Waals surface area (Å²) in [5.74, 6) is -2.07. The van der Waals surface area contributed by atoms with Crippen molar-refractivity contribution in [1.82, 2.24) is 0 Å². The molecular formula is C88H136NO8+. The van der Waals surface area contributed by atoms with Gasteiger partial charge in [-0.15, -0.1) is 0 Å². The summed E-state index contributed by atoms with van der Waals surface area (Å²) in [6, 6.07) is 0. The molecule has 1 N–H and O–H groups in total. The van der Waals surface area contributed by atoms with Gasteiger partial charge in [0, 0.05) is 12.8 Å². The summed E-state index contributed by atoms with van der Waals surface area (Å²) in [6.07, 6.45) is 117. The van der Waals surface area contributed by atoms with Crippen LogP contribution < -0.4 is 0 Å². The molecule has 0 spiro atoms. The van der Waals surface area contributed by atoms with Crippen LogP contribution in [0.5, 0.6) is 0 Å². The van der Waals surface area contributed by atoms with E-state index in [4.69, 9.17) is 18.9 Å². The highest BCUT2D eigenvalue weighted by Crippen LogP contribution is 2.14. The van der Waals surface area contributed by atoms with Gasteiger partial charge in [-0.3, -0.25) is 9.59 Å². The number of ether oxygens (including phenoxy) is 4. The van der Waals surface area contributed by atoms with Crippen LogP contribution in [0.25, 0.3) is 0 Å². The Hall–Kier alpha value is -6.65. The van der Waals surface area contributed by atoms with Crippen LogP contribution in [-0.4, -0.2) is 87.4 Å². The smallest absolute Gasteiger partial charge is 0.361 e. The molecule has 0 radical (unpaired) electrons. The summed E-state index contributed by atoms with van der Waals surface area (Å²) in [7, 11) is 5.95. The quantitative estimate of drug-likeness (QED) is 0.0211. The first-order valence-corrected chi connectivity index (χ1v) is 37.5. The maximum absolute atomic E-state index is 13.0. The van der Waals surface area contributed by atoms with Crippen LogP contribution in [0.4, 0.5) is 0 Å². The Morgan fingerprint density at radius 2 is 0.557 bits per heavy atom. The summed E-state index contributed by atoms with van der Waals surface area (Å²) in [5.41, 5.74) is 0. The van der Waals surface area contributed by atoms with Crippen molar-refractivity contribution in [3.8, 4) is 0 Å². The van der Waals surface area contributed by atoms with E-state index in [9.17, 15) is 19.5 Å². The number of likely N-dealkylation sites (N-methyl/N-ethyl adjacent to an activating group) is 1. The van der Waals surface area contributed by atoms with Crippen LogP contribution in [0, 0.1) is 0 Å². The average molecular weight is 1340 g/mol. The monoisotopic (exact) mass is 1340 g/mol. The molecule has 0 aromatic carbocycles. The van der Waals surface area contributed by atoms with Crippen LogP contribution in [0.15, 0.2) is 231 Å². The summed E-state index contributed by atoms with van der Waals surface area (Å²) in [6.45, 7) is 4.58. The molecule has 0 heterocycles. The highest BCUT2D eigenvalue weighted by atomic mass is 16.7. The lowest BCUT2D eigenvalue weighted by Crippen LogP contribution is -2.40. The molecule has 2 atom stereocenters. The third-order valence-electron chi connectivity index (χ3n) is 14.9. The molecule has 0 saturated carbocycles. The number of hydrogen-bond donors (Lipinski definition) is 1. The Morgan fingerprint density at radius 3 is 0.825 bits per heavy atom. The number of quaternary nitrogens is 1. The average Bonchev–Trinajstić information content (AvgIpc) is 2.39. The lowest BCUT2D eigenvalue weighted by Gasteiger charge is -2.25. The van der Waals surface area contributed by atoms with Gasteiger partial charge in [0.1, 0.15) is 13.2 Å². The van der Waals surface area contributed by atoms with Crippen LogP contribution in [0.3, 0.4) is 0 Å². The highest BCUT2D eigenvalue weighted by molar-refractivity contribution is 5.71. The fourth-order valence-electron chi connectivity index (χ4n) is 9.27. The van der Waals surface area contributed by atoms with Crippen molar-refractivity contribution in [3.63, 3.8) is 0 Å². The van der Waals surface area contributed by atoms with Gasteiger partial charge >= 0.3 is 17.9 Å². The standard InChI is InChI=1S/C88H135NO8/c1-6-8-10-12-14-16-18-20-22-24-26-28-30-32-34-36-38-40-41-42-43-44-45-47-49-51-53-55-57-59-61-63-65-67-69-71-73-75-77-79-86(91)97-84(83-96-88(87(92)93)94-81-80-89(3,4)5)82-95-85(90)78-76-74-72-70-68-66-64-62-60-58-56-54-52-50-48-46-39-37-35-33-31-29-27-25-23-21-19-17-15-13-11-9-7-2/h8-11,14-17,20-23,26-29,32-35,38-40,42-43,45-47,50-53,56-59,63,65,84,88H,6-7,12-13,18-19,24-25,30-31,36-37,41,44,48-49,54-55,60-62,64,66-83H2,1-5H3/p+1/b10-8-,11-9-,16-14-,17-15-,22-20-,23-21-,28-26-,29-27-,34-32-,35-33-,40-38-,43-42-,46-39-,47-45-,52-50-,53-51-,58-56-,59-57-,65-63-. The SMILES string of the molecule is CC/C=C\C/C=C\C/C=C\C/C=C\C/C=C\C/C=C\C/C=C\C/C=C\C/C=C\C/C=C\C/C=C\CCCCCCCC(=O)OC(COC(=O)CCCCCCCCCC/C=C\C/C=C\C/C=C\C/C=C\C/C=C\C/C=C\C/C=C\C/C=C\CC)COC(OCC[N+](C)(C)C)C(=O)O. The fourth-order valence-corrected chi connectivity index (χ4v) is 9.27. The van der Waals surface area contributed by atoms with E-state index in [2.05, 4.69) is 245 Å². The number of carbonyl (C=O) groups excluding carboxylic acids is 2. The second-order valence-electron chi connectivity index (χ2n) is 25.1. The van der Waals surface area contributed by atoms with Crippen molar-refractivity contribution in [2.45, 2.75) is 257 Å². The van der Waals surface area contributed by atoms with E-state index >= 15 is 0 Å². The zero-order chi connectivity index (χ0) is 70.4. The lowest BCUT2D eigenvalue weighted by atomic mass is 10.1. The van der Waals surface area contributed by atoms with Crippen molar-refractivity contribution in [2.75, 3.05) is 47.5 Å². The van der Waals surface area contributed by atoms with Gasteiger partial charge in [-0.2, -0.15) is 0 Å². The number of allylic oxidation sites excluding steroid dienone is 38. The Bertz CT molecular complexity index is 2450. The van der Waals surface area contributed by atoms with Gasteiger partial charge in [0.2, 0.25) is 0 Å². The third kappa shape index (κ3) is 76.6. The molecule has 0 aliphatic rings. The molecule has 97 heavy (non-hydrogen) atoms. The molecule has 0 aliphatic carbocycles. The van der Waals surface area contributed by atoms with Gasteiger partial charge in [0.25, 0.3) is 6.29 Å². The molecule has 540 valence electrons. The largest absolute Gasteiger partial charge is 0.477 e. The van der Waals surface area contributed by atoms with Crippen LogP contribution in [-0.2, 0) is 33.3 Å². The summed E-state index contributed by atoms with van der Waals surface area (Å²) in [5, 5.41) is 9.76. The van der Waals surface area contributed by atoms with Crippen LogP contribution in [0.2, 0.25) is 0 Å². The number of carboxylic acid groups (broad SMARTS) is 1. The van der Waals surface area contributed by atoms with Gasteiger partial charge in [-0.1, -0.05) is 303 Å². The van der Waals surface area contributed by atoms with Crippen molar-refractivity contribution in [3.05, 3.63) is 231 Å². The van der Waals surface area contributed by atoms with E-state index in [-0.39, 0.29) is 38.6 Å². The van der Waals surface area contributed by atoms with Crippen LogP contribution in [0.1, 0.15) is 245 Å². The Labute approximate surface area is 593 Å². The first kappa shape index (κ1) is 90.4. The molecule has 0 aromatic rings. The summed E-state index contributed by atoms with van der Waals surface area (Å²) < 4.78 is 22.9. The summed E-state index contributed by atoms with van der Waals surface area (Å²) >= 11 is 0. The molecule has 0 saturated heterocycles. The number of carbonyl (C=O) groups is 3. The molecule has 9 heteroatoms. The minimum atomic E-state index is -1.54. The molecule has 0 amide bonds. The van der Waals surface area contributed by atoms with E-state index in [1.807, 2.05) is 21.1 Å². The van der Waals surface area contributed by atoms with Gasteiger partial charge in [-0.05, 0) is 161 Å². The molecule has 0 fully saturated rings. The fraction of sp³-hybridized carbons (Fsp3) is 0.534. The zero-order valence-corrected chi connectivity index (χ0v) is 61.6. The van der Waals surface area contributed by atoms with Crippen molar-refractivity contribution < 1.29 is 42.9 Å². The third-order valence-corrected chi connectivity index (χ3v) is 14.9. The second kappa shape index (κ2) is 75.1. The number of esters is 2. The number of unbranched alkanes of at least 4 members (excludes halogenated alkanes) is 13. The number of aliphatic carboxylic acids is 1. The first-order chi connectivity index (χ1) is 47.6. The maximum Gasteiger partial charge on any atom is 0.361 e. The normalized spacial score (nSPS) is 14.0. The molecule has 9 nitrogen and oxygen atoms in total. The summed E-state index contributed by atoms with van der Waals surface area (Å²) in [4.78, 5) is 37.7. The predicted molar refractivity (Wildman–Crippen MR) is 418 cm³/mol. The molecule has 2 unspecified atom stereocenters. The Morgan fingerprint density at radius 1 is 0.309 bits per heavy atom. The Kier molecular flexibility index (Phi) is 70.0. The van der Waals surface area contributed by atoms with Crippen molar-refractivity contribution in [1.29, 1.82) is 0 Å². The number of carboxylic acids is 1. The van der Waals surface area contributed by atoms with Crippen LogP contribution >= 0.6 is 0 Å². The molecule has 0 aromatic heterocycles. The Balaban J connectivity index is 4.26. The number of hydrogen-bond acceptors (Lipinski definition) is 7. The van der Waals surface area contributed by atoms with E-state index in [1.54, 1.807) is 0 Å². The van der Waals surface area contributed by atoms with E-state index in [1.165, 1.54) is 25.7 Å². The van der Waals surface area contributed by atoms with E-state index in [0.717, 1.165) is 186 Å². The topological polar surface area (TPSA) is 108 Å². The van der Waals surface area contributed by atoms with Gasteiger partial charge in [0.05, 0.1) is 34.4 Å². The predicted octanol–water partition coefficient (Wildman–Crippen LogP) is 24.2. The highest BCUT2D eigenvalue weighted by Gasteiger charge is 2.25. The second-order valence-corrected chi connectivity index (χ2v) is 25.1. The maximum atomic E-state index is 13.0. The minimum absolute atomic E-state index is 0.169. The molecular weight excluding hydrogens is 1200 g/mol. The van der Waals surface area contributed by atoms with Gasteiger partial charge in [-0.25, -0.2) is 4.79 Å². The molecule has 0 rings (SSSR count). The molecule has 0 bridgehead atoms. The number of rotatable bonds is 66. The first-order valence-electron chi connectivity index (χ1n) is 37.5. The minimum Gasteiger partial charge on any atom is -0.477 e. The van der Waals surface area contributed by atoms with Crippen molar-refractivity contribution >= 4 is 17.9 Å². The lowest BCUT2D eigenvalue weighted by molar-refractivity contribution is -0.870. The van der Waals surface area contributed by atoms with Gasteiger partial charge < -0.3 is 28.5 Å². The van der Waals surface area contributed by atoms with E-state index < -0.39 is 24.3 Å². The zero-order valence-electron chi connectivity index (χ0n) is 61.6. The number of nitrogens with zero attached hydrogens (tertiary/aromatic N) is 1.